The molecular weight excluding hydrogens is 382 g/mol. The summed E-state index contributed by atoms with van der Waals surface area (Å²) in [6.07, 6.45) is 0. The Morgan fingerprint density at radius 2 is 1.90 bits per heavy atom. The molecule has 1 amide bonds. The van der Waals surface area contributed by atoms with Crippen molar-refractivity contribution in [1.29, 1.82) is 0 Å². The van der Waals surface area contributed by atoms with E-state index in [9.17, 15) is 24.6 Å². The van der Waals surface area contributed by atoms with Crippen molar-refractivity contribution >= 4 is 17.7 Å². The van der Waals surface area contributed by atoms with Gasteiger partial charge in [0.25, 0.3) is 0 Å². The summed E-state index contributed by atoms with van der Waals surface area (Å²) < 4.78 is 6.52. The van der Waals surface area contributed by atoms with Crippen LogP contribution in [-0.2, 0) is 0 Å². The minimum atomic E-state index is -1.18. The molecule has 0 bridgehead atoms. The largest absolute Gasteiger partial charge is 0.506 e. The first-order valence-corrected chi connectivity index (χ1v) is 8.45. The number of rotatable bonds is 5. The molecule has 29 heavy (non-hydrogen) atoms. The van der Waals surface area contributed by atoms with Gasteiger partial charge in [-0.2, -0.15) is 4.68 Å². The van der Waals surface area contributed by atoms with Crippen LogP contribution in [0.1, 0.15) is 17.3 Å². The van der Waals surface area contributed by atoms with Crippen molar-refractivity contribution < 1.29 is 24.5 Å². The molecule has 0 unspecified atom stereocenters. The molecular formula is C18H17N5O6. The second-order valence-corrected chi connectivity index (χ2v) is 5.79. The van der Waals surface area contributed by atoms with E-state index in [1.54, 1.807) is 19.1 Å². The summed E-state index contributed by atoms with van der Waals surface area (Å²) in [7, 11) is 1.37. The third kappa shape index (κ3) is 3.52. The van der Waals surface area contributed by atoms with Gasteiger partial charge in [-0.25, -0.2) is 14.4 Å². The molecule has 0 fully saturated rings. The first-order chi connectivity index (χ1) is 13.9. The lowest BCUT2D eigenvalue weighted by Gasteiger charge is -2.22. The first-order valence-electron chi connectivity index (χ1n) is 8.45. The monoisotopic (exact) mass is 399 g/mol. The van der Waals surface area contributed by atoms with Crippen LogP contribution < -0.4 is 15.3 Å². The molecule has 1 heterocycles. The number of aromatic nitrogens is 4. The van der Waals surface area contributed by atoms with Gasteiger partial charge in [-0.15, -0.1) is 4.68 Å². The molecule has 0 saturated carbocycles. The number of benzene rings is 2. The van der Waals surface area contributed by atoms with Crippen LogP contribution in [0.5, 0.6) is 11.5 Å². The van der Waals surface area contributed by atoms with E-state index >= 15 is 0 Å². The average molecular weight is 399 g/mol. The number of phenolic OH excluding ortho intramolecular Hbond substituents is 1. The summed E-state index contributed by atoms with van der Waals surface area (Å²) in [6, 6.07) is 9.12. The predicted molar refractivity (Wildman–Crippen MR) is 101 cm³/mol. The van der Waals surface area contributed by atoms with Crippen molar-refractivity contribution in [3.8, 4) is 17.2 Å². The second-order valence-electron chi connectivity index (χ2n) is 5.79. The highest BCUT2D eigenvalue weighted by atomic mass is 16.5. The van der Waals surface area contributed by atoms with Crippen LogP contribution in [0.2, 0.25) is 0 Å². The van der Waals surface area contributed by atoms with Crippen LogP contribution in [0.25, 0.3) is 5.69 Å². The Bertz CT molecular complexity index is 1140. The Morgan fingerprint density at radius 1 is 1.17 bits per heavy atom. The smallest absolute Gasteiger partial charge is 0.377 e. The number of tetrazole rings is 1. The Balaban J connectivity index is 2.06. The number of hydrogen-bond acceptors (Lipinski definition) is 7. The Hall–Kier alpha value is -4.15. The molecule has 11 heteroatoms. The maximum atomic E-state index is 13.0. The van der Waals surface area contributed by atoms with E-state index in [1.165, 1.54) is 37.4 Å². The zero-order chi connectivity index (χ0) is 21.1. The maximum absolute atomic E-state index is 13.0. The molecule has 0 radical (unpaired) electrons. The first kappa shape index (κ1) is 19.6. The van der Waals surface area contributed by atoms with Crippen LogP contribution in [0.15, 0.2) is 47.3 Å². The molecule has 0 spiro atoms. The highest BCUT2D eigenvalue weighted by Crippen LogP contribution is 2.30. The molecule has 0 aliphatic carbocycles. The summed E-state index contributed by atoms with van der Waals surface area (Å²) >= 11 is 0. The van der Waals surface area contributed by atoms with E-state index in [0.717, 1.165) is 9.58 Å². The fraction of sp³-hybridized carbons (Fsp3) is 0.167. The minimum absolute atomic E-state index is 0.0581. The van der Waals surface area contributed by atoms with Crippen LogP contribution in [-0.4, -0.2) is 55.7 Å². The van der Waals surface area contributed by atoms with Gasteiger partial charge in [-0.05, 0) is 47.7 Å². The molecule has 2 aromatic carbocycles. The van der Waals surface area contributed by atoms with Gasteiger partial charge in [0.05, 0.1) is 18.4 Å². The number of methoxy groups -OCH3 is 1. The lowest BCUT2D eigenvalue weighted by atomic mass is 10.1. The summed E-state index contributed by atoms with van der Waals surface area (Å²) in [6.45, 7) is 1.73. The minimum Gasteiger partial charge on any atom is -0.506 e. The highest BCUT2D eigenvalue weighted by Gasteiger charge is 2.25. The molecule has 0 saturated heterocycles. The van der Waals surface area contributed by atoms with Crippen molar-refractivity contribution in [1.82, 2.24) is 19.8 Å². The number of anilines is 1. The maximum Gasteiger partial charge on any atom is 0.377 e. The molecule has 0 atom stereocenters. The van der Waals surface area contributed by atoms with Crippen molar-refractivity contribution in [2.24, 2.45) is 0 Å². The van der Waals surface area contributed by atoms with Crippen LogP contribution >= 0.6 is 0 Å². The number of carbonyl (C=O) groups excluding carboxylic acids is 1. The third-order valence-corrected chi connectivity index (χ3v) is 4.14. The Morgan fingerprint density at radius 3 is 2.52 bits per heavy atom. The van der Waals surface area contributed by atoms with Crippen LogP contribution in [0, 0.1) is 0 Å². The number of aromatic carboxylic acids is 1. The highest BCUT2D eigenvalue weighted by molar-refractivity contribution is 5.97. The molecule has 2 N–H and O–H groups in total. The number of hydrogen-bond donors (Lipinski definition) is 2. The zero-order valence-corrected chi connectivity index (χ0v) is 15.5. The van der Waals surface area contributed by atoms with Crippen LogP contribution in [0.4, 0.5) is 10.5 Å². The quantitative estimate of drug-likeness (QED) is 0.613. The normalized spacial score (nSPS) is 10.6. The number of ether oxygens (including phenoxy) is 1. The number of para-hydroxylation sites is 2. The van der Waals surface area contributed by atoms with Crippen molar-refractivity contribution in [3.63, 3.8) is 0 Å². The third-order valence-electron chi connectivity index (χ3n) is 4.14. The van der Waals surface area contributed by atoms with Crippen molar-refractivity contribution in [3.05, 3.63) is 58.5 Å². The molecule has 150 valence electrons. The zero-order valence-electron chi connectivity index (χ0n) is 15.5. The topological polar surface area (TPSA) is 140 Å². The molecule has 1 aromatic heterocycles. The van der Waals surface area contributed by atoms with E-state index < -0.39 is 17.7 Å². The number of carbonyl (C=O) groups is 2. The lowest BCUT2D eigenvalue weighted by Crippen LogP contribution is -2.41. The molecule has 3 aromatic rings. The molecule has 0 aliphatic rings. The van der Waals surface area contributed by atoms with E-state index in [2.05, 4.69) is 10.4 Å². The number of phenols is 1. The van der Waals surface area contributed by atoms with Gasteiger partial charge >= 0.3 is 17.7 Å². The number of nitrogens with zero attached hydrogens (tertiary/aromatic N) is 5. The second kappa shape index (κ2) is 7.84. The Kier molecular flexibility index (Phi) is 5.30. The summed E-state index contributed by atoms with van der Waals surface area (Å²) in [5.41, 5.74) is -0.741. The summed E-state index contributed by atoms with van der Waals surface area (Å²) in [5, 5.41) is 26.4. The van der Waals surface area contributed by atoms with E-state index in [-0.39, 0.29) is 35.0 Å². The fourth-order valence-electron chi connectivity index (χ4n) is 2.72. The SMILES string of the molecule is CCN(C(=O)n1nnn(-c2ccccc2O)c1=O)c1cc(C(=O)O)ccc1OC. The van der Waals surface area contributed by atoms with Gasteiger partial charge in [0.15, 0.2) is 0 Å². The van der Waals surface area contributed by atoms with Crippen molar-refractivity contribution in [2.45, 2.75) is 6.92 Å². The van der Waals surface area contributed by atoms with E-state index in [0.29, 0.717) is 4.68 Å². The fourth-order valence-corrected chi connectivity index (χ4v) is 2.72. The number of carboxylic acids is 1. The van der Waals surface area contributed by atoms with Gasteiger partial charge < -0.3 is 14.9 Å². The molecule has 11 nitrogen and oxygen atoms in total. The van der Waals surface area contributed by atoms with Gasteiger partial charge in [0, 0.05) is 6.54 Å². The standard InChI is InChI=1S/C18H17N5O6/c1-3-21(13-10-11(16(25)26)8-9-15(13)29-2)17(27)23-18(28)22(19-20-23)12-6-4-5-7-14(12)24/h4-10,24H,3H2,1-2H3,(H,25,26). The number of aromatic hydroxyl groups is 1. The number of carboxylic acid groups (broad SMARTS) is 1. The van der Waals surface area contributed by atoms with Gasteiger partial charge in [0.2, 0.25) is 0 Å². The average Bonchev–Trinajstić information content (AvgIpc) is 3.09. The molecule has 0 aliphatic heterocycles. The number of amides is 1. The van der Waals surface area contributed by atoms with Gasteiger partial charge in [-0.3, -0.25) is 4.90 Å². The summed E-state index contributed by atoms with van der Waals surface area (Å²) in [4.78, 5) is 38.1. The Labute approximate surface area is 164 Å². The van der Waals surface area contributed by atoms with Crippen LogP contribution in [0.3, 0.4) is 0 Å². The molecule has 3 rings (SSSR count). The lowest BCUT2D eigenvalue weighted by molar-refractivity contribution is 0.0697. The van der Waals surface area contributed by atoms with Gasteiger partial charge in [0.1, 0.15) is 17.2 Å². The predicted octanol–water partition coefficient (Wildman–Crippen LogP) is 1.34. The van der Waals surface area contributed by atoms with E-state index in [1.807, 2.05) is 0 Å². The summed E-state index contributed by atoms with van der Waals surface area (Å²) in [5.74, 6) is -1.15. The van der Waals surface area contributed by atoms with Crippen molar-refractivity contribution in [2.75, 3.05) is 18.6 Å². The van der Waals surface area contributed by atoms with E-state index in [4.69, 9.17) is 4.74 Å². The van der Waals surface area contributed by atoms with Gasteiger partial charge in [-0.1, -0.05) is 12.1 Å².